The molecule has 0 radical (unpaired) electrons. The second-order valence-corrected chi connectivity index (χ2v) is 8.59. The van der Waals surface area contributed by atoms with E-state index in [2.05, 4.69) is 15.3 Å². The van der Waals surface area contributed by atoms with Crippen molar-refractivity contribution in [3.63, 3.8) is 0 Å². The highest BCUT2D eigenvalue weighted by Gasteiger charge is 2.32. The topological polar surface area (TPSA) is 79.7 Å². The number of hydrogen-bond donors (Lipinski definition) is 1. The Bertz CT molecular complexity index is 921. The molecule has 1 atom stereocenters. The first-order valence-corrected chi connectivity index (χ1v) is 11.3. The van der Waals surface area contributed by atoms with E-state index in [-0.39, 0.29) is 11.8 Å². The third-order valence-electron chi connectivity index (χ3n) is 6.60. The Morgan fingerprint density at radius 2 is 1.97 bits per heavy atom. The maximum absolute atomic E-state index is 12.9. The Kier molecular flexibility index (Phi) is 6.87. The molecule has 0 spiro atoms. The SMILES string of the molecule is CC(=O)N1CCCC(N(CCNC(=O)c2nn(C)c3ccccc23)C2CCOCC2)C1. The van der Waals surface area contributed by atoms with Crippen molar-refractivity contribution in [3.05, 3.63) is 30.0 Å². The number of carbonyl (C=O) groups is 2. The highest BCUT2D eigenvalue weighted by atomic mass is 16.5. The molecule has 4 rings (SSSR count). The van der Waals surface area contributed by atoms with Crippen molar-refractivity contribution in [2.75, 3.05) is 39.4 Å². The molecular weight excluding hydrogens is 394 g/mol. The summed E-state index contributed by atoms with van der Waals surface area (Å²) < 4.78 is 7.32. The van der Waals surface area contributed by atoms with E-state index in [9.17, 15) is 9.59 Å². The number of nitrogens with one attached hydrogen (secondary N) is 1. The van der Waals surface area contributed by atoms with Gasteiger partial charge in [-0.15, -0.1) is 0 Å². The van der Waals surface area contributed by atoms with Crippen LogP contribution in [0.4, 0.5) is 0 Å². The number of nitrogens with zero attached hydrogens (tertiary/aromatic N) is 4. The molecule has 1 aromatic heterocycles. The summed E-state index contributed by atoms with van der Waals surface area (Å²) in [5, 5.41) is 8.37. The molecule has 1 unspecified atom stereocenters. The minimum absolute atomic E-state index is 0.141. The lowest BCUT2D eigenvalue weighted by atomic mass is 9.98. The smallest absolute Gasteiger partial charge is 0.272 e. The molecule has 31 heavy (non-hydrogen) atoms. The van der Waals surface area contributed by atoms with Crippen LogP contribution in [0.3, 0.4) is 0 Å². The zero-order valence-corrected chi connectivity index (χ0v) is 18.5. The molecule has 0 aliphatic carbocycles. The first-order chi connectivity index (χ1) is 15.0. The van der Waals surface area contributed by atoms with Gasteiger partial charge < -0.3 is 15.0 Å². The first-order valence-electron chi connectivity index (χ1n) is 11.3. The largest absolute Gasteiger partial charge is 0.381 e. The van der Waals surface area contributed by atoms with Gasteiger partial charge in [0.2, 0.25) is 5.91 Å². The van der Waals surface area contributed by atoms with Crippen LogP contribution in [0, 0.1) is 0 Å². The molecule has 0 bridgehead atoms. The minimum atomic E-state index is -0.141. The van der Waals surface area contributed by atoms with E-state index in [4.69, 9.17) is 4.74 Å². The average molecular weight is 428 g/mol. The molecule has 2 saturated heterocycles. The van der Waals surface area contributed by atoms with Crippen LogP contribution in [0.2, 0.25) is 0 Å². The van der Waals surface area contributed by atoms with Crippen molar-refractivity contribution in [2.45, 2.75) is 44.7 Å². The monoisotopic (exact) mass is 427 g/mol. The van der Waals surface area contributed by atoms with E-state index >= 15 is 0 Å². The summed E-state index contributed by atoms with van der Waals surface area (Å²) in [4.78, 5) is 29.3. The average Bonchev–Trinajstić information content (AvgIpc) is 3.14. The van der Waals surface area contributed by atoms with Gasteiger partial charge in [-0.3, -0.25) is 19.2 Å². The fourth-order valence-electron chi connectivity index (χ4n) is 4.96. The summed E-state index contributed by atoms with van der Waals surface area (Å²) in [5.74, 6) is 0.00435. The minimum Gasteiger partial charge on any atom is -0.381 e. The van der Waals surface area contributed by atoms with Gasteiger partial charge in [0.05, 0.1) is 5.52 Å². The van der Waals surface area contributed by atoms with E-state index in [1.54, 1.807) is 11.6 Å². The summed E-state index contributed by atoms with van der Waals surface area (Å²) in [6.45, 7) is 6.13. The van der Waals surface area contributed by atoms with Crippen LogP contribution in [0.25, 0.3) is 10.9 Å². The van der Waals surface area contributed by atoms with Crippen LogP contribution in [0.1, 0.15) is 43.1 Å². The van der Waals surface area contributed by atoms with Gasteiger partial charge in [0, 0.05) is 70.8 Å². The predicted octanol–water partition coefficient (Wildman–Crippen LogP) is 1.80. The van der Waals surface area contributed by atoms with Crippen molar-refractivity contribution >= 4 is 22.7 Å². The molecular formula is C23H33N5O3. The number of amides is 2. The van der Waals surface area contributed by atoms with Crippen LogP contribution in [-0.4, -0.2) is 82.9 Å². The number of para-hydroxylation sites is 1. The fraction of sp³-hybridized carbons (Fsp3) is 0.609. The summed E-state index contributed by atoms with van der Waals surface area (Å²) >= 11 is 0. The van der Waals surface area contributed by atoms with Crippen LogP contribution >= 0.6 is 0 Å². The van der Waals surface area contributed by atoms with Crippen molar-refractivity contribution in [1.29, 1.82) is 0 Å². The summed E-state index contributed by atoms with van der Waals surface area (Å²) in [5.41, 5.74) is 1.42. The normalized spacial score (nSPS) is 20.4. The Balaban J connectivity index is 1.42. The number of rotatable bonds is 6. The highest BCUT2D eigenvalue weighted by Crippen LogP contribution is 2.23. The van der Waals surface area contributed by atoms with Gasteiger partial charge in [-0.2, -0.15) is 5.10 Å². The van der Waals surface area contributed by atoms with E-state index in [1.807, 2.05) is 36.2 Å². The number of ether oxygens (including phenoxy) is 1. The molecule has 2 aliphatic heterocycles. The molecule has 1 aromatic carbocycles. The number of hydrogen-bond acceptors (Lipinski definition) is 5. The summed E-state index contributed by atoms with van der Waals surface area (Å²) in [6.07, 6.45) is 4.10. The standard InChI is InChI=1S/C23H33N5O3/c1-17(29)27-12-5-6-19(16-27)28(18-9-14-31-15-10-18)13-11-24-23(30)22-20-7-3-4-8-21(20)26(2)25-22/h3-4,7-8,18-19H,5-6,9-16H2,1-2H3,(H,24,30). The quantitative estimate of drug-likeness (QED) is 0.760. The molecule has 168 valence electrons. The third kappa shape index (κ3) is 4.91. The molecule has 2 aromatic rings. The molecule has 2 aliphatic rings. The lowest BCUT2D eigenvalue weighted by Gasteiger charge is -2.44. The second-order valence-electron chi connectivity index (χ2n) is 8.59. The van der Waals surface area contributed by atoms with Gasteiger partial charge >= 0.3 is 0 Å². The summed E-state index contributed by atoms with van der Waals surface area (Å²) in [6, 6.07) is 8.54. The van der Waals surface area contributed by atoms with Gasteiger partial charge in [0.15, 0.2) is 5.69 Å². The predicted molar refractivity (Wildman–Crippen MR) is 119 cm³/mol. The number of carbonyl (C=O) groups excluding carboxylic acids is 2. The lowest BCUT2D eigenvalue weighted by molar-refractivity contribution is -0.131. The molecule has 2 amide bonds. The lowest BCUT2D eigenvalue weighted by Crippen LogP contribution is -2.55. The van der Waals surface area contributed by atoms with Crippen LogP contribution in [-0.2, 0) is 16.6 Å². The van der Waals surface area contributed by atoms with E-state index in [0.717, 1.165) is 69.4 Å². The summed E-state index contributed by atoms with van der Waals surface area (Å²) in [7, 11) is 1.86. The number of benzene rings is 1. The maximum Gasteiger partial charge on any atom is 0.272 e. The number of likely N-dealkylation sites (tertiary alicyclic amines) is 1. The van der Waals surface area contributed by atoms with Gasteiger partial charge in [-0.25, -0.2) is 0 Å². The van der Waals surface area contributed by atoms with Crippen molar-refractivity contribution in [2.24, 2.45) is 7.05 Å². The molecule has 3 heterocycles. The highest BCUT2D eigenvalue weighted by molar-refractivity contribution is 6.04. The van der Waals surface area contributed by atoms with Crippen molar-refractivity contribution < 1.29 is 14.3 Å². The van der Waals surface area contributed by atoms with Crippen LogP contribution < -0.4 is 5.32 Å². The third-order valence-corrected chi connectivity index (χ3v) is 6.60. The molecule has 8 nitrogen and oxygen atoms in total. The molecule has 0 saturated carbocycles. The van der Waals surface area contributed by atoms with Crippen LogP contribution in [0.5, 0.6) is 0 Å². The van der Waals surface area contributed by atoms with Gasteiger partial charge in [-0.05, 0) is 31.7 Å². The van der Waals surface area contributed by atoms with Gasteiger partial charge in [-0.1, -0.05) is 18.2 Å². The van der Waals surface area contributed by atoms with E-state index in [0.29, 0.717) is 24.3 Å². The number of aryl methyl sites for hydroxylation is 1. The van der Waals surface area contributed by atoms with Crippen molar-refractivity contribution in [1.82, 2.24) is 24.9 Å². The zero-order valence-electron chi connectivity index (χ0n) is 18.5. The Hall–Kier alpha value is -2.45. The van der Waals surface area contributed by atoms with E-state index in [1.165, 1.54) is 0 Å². The first kappa shape index (κ1) is 21.8. The number of fused-ring (bicyclic) bond motifs is 1. The maximum atomic E-state index is 12.9. The number of piperidine rings is 1. The van der Waals surface area contributed by atoms with Gasteiger partial charge in [0.1, 0.15) is 0 Å². The molecule has 1 N–H and O–H groups in total. The van der Waals surface area contributed by atoms with E-state index < -0.39 is 0 Å². The Morgan fingerprint density at radius 3 is 2.74 bits per heavy atom. The van der Waals surface area contributed by atoms with Crippen LogP contribution in [0.15, 0.2) is 24.3 Å². The zero-order chi connectivity index (χ0) is 21.8. The Morgan fingerprint density at radius 1 is 1.19 bits per heavy atom. The van der Waals surface area contributed by atoms with Crippen molar-refractivity contribution in [3.8, 4) is 0 Å². The fourth-order valence-corrected chi connectivity index (χ4v) is 4.96. The van der Waals surface area contributed by atoms with Gasteiger partial charge in [0.25, 0.3) is 5.91 Å². The second kappa shape index (κ2) is 9.78. The molecule has 8 heteroatoms. The molecule has 2 fully saturated rings. The number of aromatic nitrogens is 2. The Labute approximate surface area is 183 Å².